The second-order valence-corrected chi connectivity index (χ2v) is 32.0. The Bertz CT molecular complexity index is 5040. The third-order valence-corrected chi connectivity index (χ3v) is 24.6. The van der Waals surface area contributed by atoms with Gasteiger partial charge in [-0.25, -0.2) is 57.5 Å². The van der Waals surface area contributed by atoms with Crippen LogP contribution in [-0.4, -0.2) is 120 Å². The number of carboxylic acid groups (broad SMARTS) is 3. The average molecular weight is 1770 g/mol. The van der Waals surface area contributed by atoms with Crippen molar-refractivity contribution < 1.29 is 84.7 Å². The summed E-state index contributed by atoms with van der Waals surface area (Å²) in [5, 5.41) is 44.5. The molecular formula is C78H72Br2ClF3N12O15S3. The van der Waals surface area contributed by atoms with Crippen LogP contribution in [0.2, 0.25) is 5.02 Å². The number of esters is 3. The fraction of sp³-hybridized carbons (Fsp3) is 0.346. The van der Waals surface area contributed by atoms with Gasteiger partial charge in [-0.3, -0.25) is 29.4 Å². The molecule has 0 bridgehead atoms. The summed E-state index contributed by atoms with van der Waals surface area (Å²) in [5.74, 6) is -2.85. The number of hydrogen-bond acceptors (Lipinski definition) is 27. The van der Waals surface area contributed by atoms with E-state index in [1.54, 1.807) is 42.9 Å². The van der Waals surface area contributed by atoms with E-state index in [1.165, 1.54) is 104 Å². The van der Waals surface area contributed by atoms with Crippen molar-refractivity contribution in [1.29, 1.82) is 0 Å². The van der Waals surface area contributed by atoms with Crippen LogP contribution in [0, 0.1) is 35.2 Å². The Labute approximate surface area is 682 Å². The molecular weight excluding hydrogens is 1690 g/mol. The van der Waals surface area contributed by atoms with Crippen LogP contribution < -0.4 is 16.0 Å². The Morgan fingerprint density at radius 3 is 1.14 bits per heavy atom. The second kappa shape index (κ2) is 36.9. The fourth-order valence-corrected chi connectivity index (χ4v) is 18.0. The largest absolute Gasteiger partial charge is 0.481 e. The summed E-state index contributed by atoms with van der Waals surface area (Å²) in [6.45, 7) is 0. The molecule has 15 rings (SSSR count). The van der Waals surface area contributed by atoms with Gasteiger partial charge in [0.2, 0.25) is 0 Å². The number of rotatable bonds is 21. The summed E-state index contributed by atoms with van der Waals surface area (Å²) in [7, 11) is 3.95. The topological polar surface area (TPSA) is 381 Å². The van der Waals surface area contributed by atoms with Crippen LogP contribution in [0.4, 0.5) is 13.2 Å². The molecule has 114 heavy (non-hydrogen) atoms. The molecule has 3 unspecified atom stereocenters. The van der Waals surface area contributed by atoms with Crippen LogP contribution in [0.5, 0.6) is 0 Å². The summed E-state index contributed by atoms with van der Waals surface area (Å²) >= 11 is 17.4. The first-order valence-corrected chi connectivity index (χ1v) is 40.7. The number of carbonyl (C=O) groups is 6. The maximum atomic E-state index is 14.5. The van der Waals surface area contributed by atoms with Crippen LogP contribution in [0.15, 0.2) is 179 Å². The molecule has 6 aliphatic rings. The summed E-state index contributed by atoms with van der Waals surface area (Å²) in [4.78, 5) is 113. The molecule has 3 aromatic carbocycles. The zero-order valence-electron chi connectivity index (χ0n) is 61.0. The lowest BCUT2D eigenvalue weighted by atomic mass is 9.78. The summed E-state index contributed by atoms with van der Waals surface area (Å²) in [6, 6.07) is 11.0. The van der Waals surface area contributed by atoms with Crippen molar-refractivity contribution >= 4 is 131 Å². The number of allylic oxidation sites excluding steroid dienone is 3. The maximum Gasteiger partial charge on any atom is 0.338 e. The van der Waals surface area contributed by atoms with E-state index in [-0.39, 0.29) is 69.8 Å². The number of nitrogens with zero attached hydrogens (tertiary/aromatic N) is 9. The standard InChI is InChI=1S/2C26H24BrFN4O5S.C26H24ClFN4O5S/c1-36-26(35)20-21(13-2-4-14(5-3-13)24-30-16(12-37-24)11-19(33)34)31-23(25-29-8-9-38-25)32-22(20)17-7-6-15(28)10-18(17)27;2*1-36-26(35)19-21(13-5-7-14(8-6-13)24-30-15(12-37-24)11-18(33)34)31-23(25-29-9-10-38-25)32-22(19)16-3-2-4-17(28)20(16)27/h6-10,12-14,22H,2-5,11H2,1H3,(H,31,32)(H,33,34);2*2-4,9-10,12-14,22H,5-8,11H2,1H3,(H,31,32)(H,33,34). The first-order valence-electron chi connectivity index (χ1n) is 36.1. The van der Waals surface area contributed by atoms with Gasteiger partial charge in [0, 0.05) is 79.6 Å². The minimum atomic E-state index is -0.968. The van der Waals surface area contributed by atoms with E-state index >= 15 is 0 Å². The number of carboxylic acids is 3. The lowest BCUT2D eigenvalue weighted by Crippen LogP contribution is -2.37. The molecule has 9 aromatic rings. The van der Waals surface area contributed by atoms with Crippen LogP contribution in [-0.2, 0) is 62.2 Å². The molecule has 3 aliphatic heterocycles. The van der Waals surface area contributed by atoms with Gasteiger partial charge < -0.3 is 58.7 Å². The highest BCUT2D eigenvalue weighted by molar-refractivity contribution is 9.10. The highest BCUT2D eigenvalue weighted by Gasteiger charge is 2.43. The zero-order chi connectivity index (χ0) is 80.4. The van der Waals surface area contributed by atoms with Crippen molar-refractivity contribution in [2.24, 2.45) is 32.7 Å². The number of oxazole rings is 3. The second-order valence-electron chi connectivity index (χ2n) is 27.3. The Morgan fingerprint density at radius 2 is 0.807 bits per heavy atom. The Morgan fingerprint density at radius 1 is 0.474 bits per heavy atom. The molecule has 0 amide bonds. The first kappa shape index (κ1) is 81.7. The monoisotopic (exact) mass is 1760 g/mol. The van der Waals surface area contributed by atoms with Crippen LogP contribution in [0.3, 0.4) is 0 Å². The number of benzene rings is 3. The molecule has 0 saturated heterocycles. The number of ether oxygens (including phenoxy) is 3. The molecule has 6 aromatic heterocycles. The molecule has 6 N–H and O–H groups in total. The van der Waals surface area contributed by atoms with Gasteiger partial charge in [0.25, 0.3) is 0 Å². The van der Waals surface area contributed by atoms with E-state index in [0.29, 0.717) is 150 Å². The summed E-state index contributed by atoms with van der Waals surface area (Å²) < 4.78 is 75.9. The number of nitrogens with one attached hydrogen (secondary N) is 3. The number of thiazole rings is 3. The SMILES string of the molecule is COC(=O)C1=C(C2CCC(c3nc(CC(=O)O)co3)CC2)NC(c2nccs2)=NC1c1ccc(F)cc1Br.COC(=O)C1=C(C2CCC(c3nc(CC(=O)O)co3)CC2)NC(c2nccs2)=NC1c1cccc(F)c1Br.COC(=O)C1=C(C2CCC(c3nc(CC(=O)O)co3)CC2)NC(c2nccs2)=NC1c1cccc(F)c1Cl. The quantitative estimate of drug-likeness (QED) is 0.0287. The number of aromatic nitrogens is 6. The van der Waals surface area contributed by atoms with Gasteiger partial charge in [-0.1, -0.05) is 57.9 Å². The molecule has 3 atom stereocenters. The number of aliphatic imine (C=N–C) groups is 3. The van der Waals surface area contributed by atoms with Gasteiger partial charge in [0.05, 0.1) is 83.9 Å². The van der Waals surface area contributed by atoms with Gasteiger partial charge in [-0.05, 0) is 146 Å². The minimum Gasteiger partial charge on any atom is -0.481 e. The van der Waals surface area contributed by atoms with Crippen LogP contribution >= 0.6 is 77.5 Å². The number of amidine groups is 3. The zero-order valence-corrected chi connectivity index (χ0v) is 67.3. The van der Waals surface area contributed by atoms with E-state index in [2.05, 4.69) is 77.7 Å². The predicted octanol–water partition coefficient (Wildman–Crippen LogP) is 15.3. The Kier molecular flexibility index (Phi) is 26.4. The molecule has 36 heteroatoms. The smallest absolute Gasteiger partial charge is 0.338 e. The number of methoxy groups -OCH3 is 3. The van der Waals surface area contributed by atoms with E-state index in [1.807, 2.05) is 16.1 Å². The Hall–Kier alpha value is -10.3. The van der Waals surface area contributed by atoms with Crippen molar-refractivity contribution in [3.05, 3.63) is 240 Å². The van der Waals surface area contributed by atoms with Gasteiger partial charge in [0.1, 0.15) is 54.4 Å². The lowest BCUT2D eigenvalue weighted by Gasteiger charge is -2.34. The molecule has 0 spiro atoms. The fourth-order valence-electron chi connectivity index (χ4n) is 15.0. The number of aliphatic carboxylic acids is 3. The third-order valence-electron chi connectivity index (χ3n) is 20.3. The van der Waals surface area contributed by atoms with Crippen molar-refractivity contribution in [3.63, 3.8) is 0 Å². The summed E-state index contributed by atoms with van der Waals surface area (Å²) in [5.41, 5.74) is 5.75. The normalized spacial score (nSPS) is 21.6. The van der Waals surface area contributed by atoms with Crippen LogP contribution in [0.1, 0.15) is 179 Å². The molecule has 27 nitrogen and oxygen atoms in total. The lowest BCUT2D eigenvalue weighted by molar-refractivity contribution is -0.137. The Balaban J connectivity index is 0.000000149. The van der Waals surface area contributed by atoms with Crippen molar-refractivity contribution in [2.75, 3.05) is 21.3 Å². The minimum absolute atomic E-state index is 0.0130. The van der Waals surface area contributed by atoms with Gasteiger partial charge in [0.15, 0.2) is 50.2 Å². The van der Waals surface area contributed by atoms with Gasteiger partial charge in [-0.15, -0.1) is 34.0 Å². The maximum absolute atomic E-state index is 14.5. The van der Waals surface area contributed by atoms with Crippen molar-refractivity contribution in [1.82, 2.24) is 45.9 Å². The van der Waals surface area contributed by atoms with E-state index in [0.717, 1.165) is 44.2 Å². The van der Waals surface area contributed by atoms with Crippen molar-refractivity contribution in [3.8, 4) is 0 Å². The third kappa shape index (κ3) is 18.7. The van der Waals surface area contributed by atoms with E-state index in [9.17, 15) is 41.9 Å². The molecule has 3 saturated carbocycles. The molecule has 0 radical (unpaired) electrons. The predicted molar refractivity (Wildman–Crippen MR) is 418 cm³/mol. The molecule has 9 heterocycles. The number of hydrogen-bond donors (Lipinski definition) is 6. The number of halogens is 6. The van der Waals surface area contributed by atoms with Crippen LogP contribution in [0.25, 0.3) is 0 Å². The molecule has 3 fully saturated rings. The van der Waals surface area contributed by atoms with Crippen molar-refractivity contribution in [2.45, 2.75) is 132 Å². The number of carbonyl (C=O) groups excluding carboxylic acids is 3. The molecule has 3 aliphatic carbocycles. The highest BCUT2D eigenvalue weighted by Crippen LogP contribution is 2.49. The first-order chi connectivity index (χ1) is 55.0. The van der Waals surface area contributed by atoms with E-state index in [4.69, 9.17) is 69.4 Å². The molecule has 594 valence electrons. The van der Waals surface area contributed by atoms with E-state index < -0.39 is 71.4 Å². The highest BCUT2D eigenvalue weighted by atomic mass is 79.9. The average Bonchev–Trinajstić information content (AvgIpc) is 1.10. The summed E-state index contributed by atoms with van der Waals surface area (Å²) in [6.07, 6.45) is 17.3. The van der Waals surface area contributed by atoms with Gasteiger partial charge in [-0.2, -0.15) is 0 Å². The van der Waals surface area contributed by atoms with Gasteiger partial charge >= 0.3 is 35.8 Å².